The SMILES string of the molecule is Cc1nc(Nc2ncc(C(=O)Nc3c(C)cccc3Cl)s2)cc(N2CCC(N3CCN(Cc4ccc(N5CCC(=O)NC5=O)cc4F)CC3)CC2)n1. The Morgan fingerprint density at radius 1 is 1.02 bits per heavy atom. The number of anilines is 5. The molecule has 3 aliphatic rings. The fraction of sp³-hybridized carbons (Fsp3) is 0.389. The number of halogens is 2. The van der Waals surface area contributed by atoms with Gasteiger partial charge in [-0.15, -0.1) is 0 Å². The third kappa shape index (κ3) is 8.17. The van der Waals surface area contributed by atoms with E-state index in [2.05, 4.69) is 40.6 Å². The maximum absolute atomic E-state index is 15.1. The third-order valence-corrected chi connectivity index (χ3v) is 11.0. The van der Waals surface area contributed by atoms with Crippen molar-refractivity contribution in [3.63, 3.8) is 0 Å². The summed E-state index contributed by atoms with van der Waals surface area (Å²) >= 11 is 7.52. The van der Waals surface area contributed by atoms with Gasteiger partial charge in [-0.3, -0.25) is 29.6 Å². The van der Waals surface area contributed by atoms with Gasteiger partial charge in [0.05, 0.1) is 16.9 Å². The van der Waals surface area contributed by atoms with Crippen LogP contribution in [0.3, 0.4) is 0 Å². The van der Waals surface area contributed by atoms with Crippen LogP contribution in [0.4, 0.5) is 37.3 Å². The third-order valence-electron chi connectivity index (χ3n) is 9.76. The van der Waals surface area contributed by atoms with Crippen LogP contribution in [0.5, 0.6) is 0 Å². The Hall–Kier alpha value is -4.70. The number of hydrogen-bond donors (Lipinski definition) is 3. The number of aryl methyl sites for hydroxylation is 2. The quantitative estimate of drug-likeness (QED) is 0.199. The number of rotatable bonds is 9. The van der Waals surface area contributed by atoms with E-state index in [-0.39, 0.29) is 30.6 Å². The molecule has 13 nitrogen and oxygen atoms in total. The predicted octanol–water partition coefficient (Wildman–Crippen LogP) is 5.57. The minimum atomic E-state index is -0.519. The highest BCUT2D eigenvalue weighted by Crippen LogP contribution is 2.30. The van der Waals surface area contributed by atoms with Gasteiger partial charge in [0.1, 0.15) is 28.2 Å². The average molecular weight is 747 g/mol. The molecule has 3 N–H and O–H groups in total. The zero-order chi connectivity index (χ0) is 36.4. The van der Waals surface area contributed by atoms with Crippen molar-refractivity contribution in [2.45, 2.75) is 45.7 Å². The van der Waals surface area contributed by atoms with Crippen LogP contribution in [0.1, 0.15) is 45.9 Å². The number of thiazole rings is 1. The number of benzene rings is 2. The van der Waals surface area contributed by atoms with E-state index >= 15 is 4.39 Å². The first-order valence-corrected chi connectivity index (χ1v) is 18.5. The Bertz CT molecular complexity index is 1960. The number of hydrogen-bond acceptors (Lipinski definition) is 11. The van der Waals surface area contributed by atoms with E-state index in [4.69, 9.17) is 16.6 Å². The fourth-order valence-corrected chi connectivity index (χ4v) is 7.91. The van der Waals surface area contributed by atoms with Gasteiger partial charge in [0.25, 0.3) is 5.91 Å². The summed E-state index contributed by atoms with van der Waals surface area (Å²) in [4.78, 5) is 59.2. The highest BCUT2D eigenvalue weighted by molar-refractivity contribution is 7.17. The molecule has 2 aromatic carbocycles. The molecule has 0 radical (unpaired) electrons. The van der Waals surface area contributed by atoms with Crippen LogP contribution in [0.2, 0.25) is 5.02 Å². The summed E-state index contributed by atoms with van der Waals surface area (Å²) in [5.41, 5.74) is 2.51. The van der Waals surface area contributed by atoms with Crippen LogP contribution < -0.4 is 25.8 Å². The van der Waals surface area contributed by atoms with Gasteiger partial charge in [-0.25, -0.2) is 24.1 Å². The summed E-state index contributed by atoms with van der Waals surface area (Å²) in [5.74, 6) is 1.16. The number of nitrogens with one attached hydrogen (secondary N) is 3. The molecule has 4 aromatic rings. The van der Waals surface area contributed by atoms with Crippen LogP contribution >= 0.6 is 22.9 Å². The van der Waals surface area contributed by atoms with Crippen molar-refractivity contribution in [3.8, 4) is 0 Å². The first-order chi connectivity index (χ1) is 25.1. The molecule has 5 heterocycles. The largest absolute Gasteiger partial charge is 0.356 e. The molecule has 3 fully saturated rings. The lowest BCUT2D eigenvalue weighted by Gasteiger charge is -2.43. The van der Waals surface area contributed by atoms with Crippen LogP contribution in [-0.4, -0.2) is 94.5 Å². The van der Waals surface area contributed by atoms with E-state index < -0.39 is 6.03 Å². The molecule has 3 aliphatic heterocycles. The summed E-state index contributed by atoms with van der Waals surface area (Å²) in [5, 5.41) is 9.45. The number of para-hydroxylation sites is 1. The number of piperazine rings is 1. The molecule has 0 spiro atoms. The number of urea groups is 1. The van der Waals surface area contributed by atoms with Gasteiger partial charge in [-0.1, -0.05) is 41.1 Å². The number of carbonyl (C=O) groups excluding carboxylic acids is 3. The van der Waals surface area contributed by atoms with E-state index in [1.807, 2.05) is 32.0 Å². The lowest BCUT2D eigenvalue weighted by atomic mass is 10.0. The van der Waals surface area contributed by atoms with Crippen LogP contribution in [0.25, 0.3) is 0 Å². The molecule has 4 amide bonds. The smallest absolute Gasteiger partial charge is 0.328 e. The molecule has 52 heavy (non-hydrogen) atoms. The Balaban J connectivity index is 0.888. The highest BCUT2D eigenvalue weighted by atomic mass is 35.5. The number of carbonyl (C=O) groups is 3. The number of piperidine rings is 1. The van der Waals surface area contributed by atoms with Crippen molar-refractivity contribution in [1.82, 2.24) is 30.1 Å². The van der Waals surface area contributed by atoms with Crippen LogP contribution in [-0.2, 0) is 11.3 Å². The maximum Gasteiger partial charge on any atom is 0.328 e. The Morgan fingerprint density at radius 3 is 2.54 bits per heavy atom. The number of amides is 4. The van der Waals surface area contributed by atoms with Gasteiger partial charge in [0.15, 0.2) is 5.13 Å². The Morgan fingerprint density at radius 2 is 1.81 bits per heavy atom. The van der Waals surface area contributed by atoms with Crippen molar-refractivity contribution in [3.05, 3.63) is 81.3 Å². The van der Waals surface area contributed by atoms with Crippen molar-refractivity contribution in [2.75, 3.05) is 66.2 Å². The van der Waals surface area contributed by atoms with Gasteiger partial charge in [-0.2, -0.15) is 0 Å². The summed E-state index contributed by atoms with van der Waals surface area (Å²) < 4.78 is 15.1. The Labute approximate surface area is 310 Å². The van der Waals surface area contributed by atoms with Crippen molar-refractivity contribution in [2.24, 2.45) is 0 Å². The minimum Gasteiger partial charge on any atom is -0.356 e. The highest BCUT2D eigenvalue weighted by Gasteiger charge is 2.29. The zero-order valence-corrected chi connectivity index (χ0v) is 30.6. The first kappa shape index (κ1) is 35.7. The van der Waals surface area contributed by atoms with Gasteiger partial charge >= 0.3 is 6.03 Å². The van der Waals surface area contributed by atoms with Crippen LogP contribution in [0, 0.1) is 19.7 Å². The second-order valence-electron chi connectivity index (χ2n) is 13.3. The monoisotopic (exact) mass is 746 g/mol. The molecule has 0 aliphatic carbocycles. The molecule has 0 atom stereocenters. The molecule has 7 rings (SSSR count). The summed E-state index contributed by atoms with van der Waals surface area (Å²) in [6.45, 7) is 9.75. The molecule has 3 saturated heterocycles. The first-order valence-electron chi connectivity index (χ1n) is 17.4. The summed E-state index contributed by atoms with van der Waals surface area (Å²) in [6, 6.07) is 12.2. The van der Waals surface area contributed by atoms with E-state index in [1.54, 1.807) is 18.2 Å². The van der Waals surface area contributed by atoms with Gasteiger partial charge in [0.2, 0.25) is 5.91 Å². The molecular weight excluding hydrogens is 707 g/mol. The molecule has 0 saturated carbocycles. The zero-order valence-electron chi connectivity index (χ0n) is 29.0. The van der Waals surface area contributed by atoms with Gasteiger partial charge < -0.3 is 15.5 Å². The van der Waals surface area contributed by atoms with Crippen LogP contribution in [0.15, 0.2) is 48.7 Å². The van der Waals surface area contributed by atoms with Gasteiger partial charge in [-0.05, 0) is 50.5 Å². The standard InChI is InChI=1S/C36H40ClFN10O3S/c1-22-4-3-5-27(37)33(22)44-34(50)29-20-39-35(52-29)42-30-19-31(41-23(2)40-30)47-11-8-25(9-12-47)46-16-14-45(15-17-46)21-24-6-7-26(18-28(24)38)48-13-10-32(49)43-36(48)51/h3-7,18-20,25H,8-17,21H2,1-2H3,(H,44,50)(H,43,49,51)(H,39,40,41,42). The minimum absolute atomic E-state index is 0.197. The molecule has 0 unspecified atom stereocenters. The number of nitrogens with zero attached hydrogens (tertiary/aromatic N) is 7. The molecule has 0 bridgehead atoms. The lowest BCUT2D eigenvalue weighted by molar-refractivity contribution is -0.120. The molecule has 16 heteroatoms. The maximum atomic E-state index is 15.1. The average Bonchev–Trinajstić information content (AvgIpc) is 3.59. The lowest BCUT2D eigenvalue weighted by Crippen LogP contribution is -2.53. The fourth-order valence-electron chi connectivity index (χ4n) is 6.92. The molecule has 272 valence electrons. The van der Waals surface area contributed by atoms with E-state index in [1.165, 1.54) is 28.5 Å². The van der Waals surface area contributed by atoms with Crippen molar-refractivity contribution >= 4 is 68.9 Å². The van der Waals surface area contributed by atoms with Crippen molar-refractivity contribution < 1.29 is 18.8 Å². The van der Waals surface area contributed by atoms with Gasteiger partial charge in [0, 0.05) is 82.1 Å². The van der Waals surface area contributed by atoms with E-state index in [9.17, 15) is 14.4 Å². The topological polar surface area (TPSA) is 139 Å². The molecular formula is C36H40ClFN10O3S. The van der Waals surface area contributed by atoms with E-state index in [0.29, 0.717) is 56.2 Å². The normalized spacial score (nSPS) is 17.7. The number of aromatic nitrogens is 3. The second-order valence-corrected chi connectivity index (χ2v) is 14.7. The van der Waals surface area contributed by atoms with Crippen molar-refractivity contribution in [1.29, 1.82) is 0 Å². The Kier molecular flexibility index (Phi) is 10.6. The summed E-state index contributed by atoms with van der Waals surface area (Å²) in [6.07, 6.45) is 3.75. The molecule has 2 aromatic heterocycles. The van der Waals surface area contributed by atoms with E-state index in [0.717, 1.165) is 63.5 Å². The number of imide groups is 1. The summed E-state index contributed by atoms with van der Waals surface area (Å²) in [7, 11) is 0. The second kappa shape index (κ2) is 15.5. The predicted molar refractivity (Wildman–Crippen MR) is 200 cm³/mol.